The Morgan fingerprint density at radius 1 is 1.35 bits per heavy atom. The number of hydrogen-bond acceptors (Lipinski definition) is 2. The molecule has 1 aromatic carbocycles. The average molecular weight is 245 g/mol. The van der Waals surface area contributed by atoms with Gasteiger partial charge >= 0.3 is 6.18 Å². The smallest absolute Gasteiger partial charge is 0.375 e. The van der Waals surface area contributed by atoms with E-state index >= 15 is 0 Å². The van der Waals surface area contributed by atoms with E-state index < -0.39 is 11.7 Å². The molecule has 94 valence electrons. The molecule has 17 heavy (non-hydrogen) atoms. The summed E-state index contributed by atoms with van der Waals surface area (Å²) in [6.45, 7) is 1.36. The zero-order valence-corrected chi connectivity index (χ0v) is 9.47. The van der Waals surface area contributed by atoms with Gasteiger partial charge in [-0.3, -0.25) is 0 Å². The van der Waals surface area contributed by atoms with Crippen molar-refractivity contribution < 1.29 is 17.9 Å². The van der Waals surface area contributed by atoms with Crippen molar-refractivity contribution in [1.29, 1.82) is 0 Å². The number of alkyl halides is 3. The highest BCUT2D eigenvalue weighted by molar-refractivity contribution is 5.27. The van der Waals surface area contributed by atoms with Crippen LogP contribution in [0.1, 0.15) is 11.1 Å². The van der Waals surface area contributed by atoms with Crippen molar-refractivity contribution in [3.63, 3.8) is 0 Å². The lowest BCUT2D eigenvalue weighted by molar-refractivity contribution is -0.137. The predicted octanol–water partition coefficient (Wildman–Crippen LogP) is 2.24. The Morgan fingerprint density at radius 3 is 2.53 bits per heavy atom. The van der Waals surface area contributed by atoms with Crippen LogP contribution in [0.3, 0.4) is 0 Å². The molecule has 1 heterocycles. The van der Waals surface area contributed by atoms with E-state index in [2.05, 4.69) is 5.32 Å². The van der Waals surface area contributed by atoms with Gasteiger partial charge in [-0.25, -0.2) is 0 Å². The summed E-state index contributed by atoms with van der Waals surface area (Å²) in [5, 5.41) is 3.07. The van der Waals surface area contributed by atoms with Gasteiger partial charge in [-0.1, -0.05) is 18.2 Å². The van der Waals surface area contributed by atoms with Crippen LogP contribution in [-0.2, 0) is 17.3 Å². The summed E-state index contributed by atoms with van der Waals surface area (Å²) in [7, 11) is 1.59. The molecule has 2 nitrogen and oxygen atoms in total. The molecular weight excluding hydrogens is 231 g/mol. The average Bonchev–Trinajstić information content (AvgIpc) is 2.23. The molecule has 1 saturated heterocycles. The zero-order chi connectivity index (χ0) is 12.5. The number of rotatable bonds is 3. The Hall–Kier alpha value is -1.07. The van der Waals surface area contributed by atoms with Gasteiger partial charge in [0.1, 0.15) is 0 Å². The fourth-order valence-electron chi connectivity index (χ4n) is 1.97. The third-order valence-corrected chi connectivity index (χ3v) is 3.11. The summed E-state index contributed by atoms with van der Waals surface area (Å²) < 4.78 is 43.0. The second kappa shape index (κ2) is 4.31. The molecule has 1 N–H and O–H groups in total. The van der Waals surface area contributed by atoms with Crippen molar-refractivity contribution in [2.24, 2.45) is 0 Å². The molecule has 2 rings (SSSR count). The first-order valence-corrected chi connectivity index (χ1v) is 5.37. The minimum Gasteiger partial charge on any atom is -0.375 e. The summed E-state index contributed by atoms with van der Waals surface area (Å²) in [5.41, 5.74) is -0.291. The Morgan fingerprint density at radius 2 is 2.06 bits per heavy atom. The third kappa shape index (κ3) is 2.61. The number of halogens is 3. The van der Waals surface area contributed by atoms with Gasteiger partial charge in [-0.15, -0.1) is 0 Å². The maximum Gasteiger partial charge on any atom is 0.416 e. The first-order valence-electron chi connectivity index (χ1n) is 5.37. The van der Waals surface area contributed by atoms with E-state index in [9.17, 15) is 13.2 Å². The number of hydrogen-bond donors (Lipinski definition) is 1. The molecule has 1 aromatic rings. The number of benzene rings is 1. The van der Waals surface area contributed by atoms with Crippen molar-refractivity contribution in [3.05, 3.63) is 35.4 Å². The van der Waals surface area contributed by atoms with Crippen LogP contribution < -0.4 is 5.32 Å². The molecule has 0 atom stereocenters. The summed E-state index contributed by atoms with van der Waals surface area (Å²) in [6.07, 6.45) is -3.78. The quantitative estimate of drug-likeness (QED) is 0.881. The third-order valence-electron chi connectivity index (χ3n) is 3.11. The number of methoxy groups -OCH3 is 1. The Labute approximate surface area is 97.8 Å². The molecule has 0 unspecified atom stereocenters. The molecule has 1 aliphatic heterocycles. The van der Waals surface area contributed by atoms with Crippen LogP contribution in [0.15, 0.2) is 24.3 Å². The monoisotopic (exact) mass is 245 g/mol. The minimum atomic E-state index is -4.28. The molecule has 5 heteroatoms. The Kier molecular flexibility index (Phi) is 3.14. The minimum absolute atomic E-state index is 0.343. The van der Waals surface area contributed by atoms with Crippen molar-refractivity contribution in [3.8, 4) is 0 Å². The van der Waals surface area contributed by atoms with Crippen molar-refractivity contribution in [1.82, 2.24) is 5.32 Å². The fourth-order valence-corrected chi connectivity index (χ4v) is 1.97. The SMILES string of the molecule is COC1(Cc2cccc(C(F)(F)F)c2)CNC1. The number of ether oxygens (including phenoxy) is 1. The van der Waals surface area contributed by atoms with Gasteiger partial charge < -0.3 is 10.1 Å². The largest absolute Gasteiger partial charge is 0.416 e. The van der Waals surface area contributed by atoms with E-state index in [1.807, 2.05) is 0 Å². The van der Waals surface area contributed by atoms with Crippen molar-refractivity contribution in [2.45, 2.75) is 18.2 Å². The van der Waals surface area contributed by atoms with E-state index in [1.165, 1.54) is 12.1 Å². The van der Waals surface area contributed by atoms with Crippen molar-refractivity contribution in [2.75, 3.05) is 20.2 Å². The molecule has 0 bridgehead atoms. The van der Waals surface area contributed by atoms with E-state index in [0.29, 0.717) is 25.1 Å². The molecule has 0 aromatic heterocycles. The molecule has 0 spiro atoms. The highest BCUT2D eigenvalue weighted by atomic mass is 19.4. The van der Waals surface area contributed by atoms with E-state index in [1.54, 1.807) is 13.2 Å². The Bertz CT molecular complexity index is 393. The van der Waals surface area contributed by atoms with Gasteiger partial charge in [0.05, 0.1) is 11.2 Å². The van der Waals surface area contributed by atoms with Crippen LogP contribution >= 0.6 is 0 Å². The van der Waals surface area contributed by atoms with Crippen LogP contribution in [0, 0.1) is 0 Å². The molecule has 0 aliphatic carbocycles. The second-order valence-electron chi connectivity index (χ2n) is 4.37. The van der Waals surface area contributed by atoms with Gasteiger partial charge in [0, 0.05) is 26.6 Å². The summed E-state index contributed by atoms with van der Waals surface area (Å²) in [4.78, 5) is 0. The topological polar surface area (TPSA) is 21.3 Å². The summed E-state index contributed by atoms with van der Waals surface area (Å²) in [6, 6.07) is 5.42. The molecule has 0 amide bonds. The number of nitrogens with one attached hydrogen (secondary N) is 1. The molecule has 0 saturated carbocycles. The van der Waals surface area contributed by atoms with Gasteiger partial charge in [-0.2, -0.15) is 13.2 Å². The lowest BCUT2D eigenvalue weighted by atomic mass is 9.88. The van der Waals surface area contributed by atoms with Crippen LogP contribution in [0.5, 0.6) is 0 Å². The molecular formula is C12H14F3NO. The van der Waals surface area contributed by atoms with E-state index in [4.69, 9.17) is 4.74 Å². The van der Waals surface area contributed by atoms with Crippen LogP contribution in [0.2, 0.25) is 0 Å². The zero-order valence-electron chi connectivity index (χ0n) is 9.47. The van der Waals surface area contributed by atoms with E-state index in [-0.39, 0.29) is 5.60 Å². The van der Waals surface area contributed by atoms with Gasteiger partial charge in [-0.05, 0) is 11.6 Å². The van der Waals surface area contributed by atoms with Gasteiger partial charge in [0.25, 0.3) is 0 Å². The molecule has 1 aliphatic rings. The second-order valence-corrected chi connectivity index (χ2v) is 4.37. The fraction of sp³-hybridized carbons (Fsp3) is 0.500. The lowest BCUT2D eigenvalue weighted by Gasteiger charge is -2.41. The van der Waals surface area contributed by atoms with Crippen LogP contribution in [-0.4, -0.2) is 25.8 Å². The van der Waals surface area contributed by atoms with E-state index in [0.717, 1.165) is 6.07 Å². The first kappa shape index (κ1) is 12.4. The summed E-state index contributed by atoms with van der Waals surface area (Å²) in [5.74, 6) is 0. The molecule has 0 radical (unpaired) electrons. The maximum absolute atomic E-state index is 12.5. The van der Waals surface area contributed by atoms with Crippen molar-refractivity contribution >= 4 is 0 Å². The van der Waals surface area contributed by atoms with Crippen LogP contribution in [0.4, 0.5) is 13.2 Å². The predicted molar refractivity (Wildman–Crippen MR) is 57.8 cm³/mol. The first-order chi connectivity index (χ1) is 7.95. The lowest BCUT2D eigenvalue weighted by Crippen LogP contribution is -2.61. The van der Waals surface area contributed by atoms with Gasteiger partial charge in [0.15, 0.2) is 0 Å². The Balaban J connectivity index is 2.17. The van der Waals surface area contributed by atoms with Gasteiger partial charge in [0.2, 0.25) is 0 Å². The maximum atomic E-state index is 12.5. The standard InChI is InChI=1S/C12H14F3NO/c1-17-11(7-16-8-11)6-9-3-2-4-10(5-9)12(13,14)15/h2-5,16H,6-8H2,1H3. The van der Waals surface area contributed by atoms with Crippen LogP contribution in [0.25, 0.3) is 0 Å². The highest BCUT2D eigenvalue weighted by Gasteiger charge is 2.37. The highest BCUT2D eigenvalue weighted by Crippen LogP contribution is 2.31. The summed E-state index contributed by atoms with van der Waals surface area (Å²) >= 11 is 0. The molecule has 1 fully saturated rings. The normalized spacial score (nSPS) is 18.8.